The maximum atomic E-state index is 13.3. The third kappa shape index (κ3) is 1.71. The van der Waals surface area contributed by atoms with Gasteiger partial charge in [-0.3, -0.25) is 14.6 Å². The number of hydrogen-bond donors (Lipinski definition) is 1. The van der Waals surface area contributed by atoms with Gasteiger partial charge in [0.05, 0.1) is 37.5 Å². The van der Waals surface area contributed by atoms with E-state index in [2.05, 4.69) is 11.0 Å². The van der Waals surface area contributed by atoms with Crippen molar-refractivity contribution in [1.82, 2.24) is 4.90 Å². The van der Waals surface area contributed by atoms with Crippen molar-refractivity contribution in [2.75, 3.05) is 32.2 Å². The summed E-state index contributed by atoms with van der Waals surface area (Å²) in [5.41, 5.74) is 0.294. The van der Waals surface area contributed by atoms with Crippen LogP contribution in [0.3, 0.4) is 0 Å². The number of carbonyl (C=O) groups is 2. The van der Waals surface area contributed by atoms with Crippen LogP contribution in [0.1, 0.15) is 37.7 Å². The van der Waals surface area contributed by atoms with Crippen molar-refractivity contribution >= 4 is 17.7 Å². The van der Waals surface area contributed by atoms with Gasteiger partial charge in [0.2, 0.25) is 0 Å². The SMILES string of the molecule is COC(=O)[C@H]1C[C@@]23CCCN4CC[C@@]5(c6ccccc6N(C(=O)OC)[C@]15C[C@H]2O)[C@@H]43. The third-order valence-corrected chi connectivity index (χ3v) is 9.23. The largest absolute Gasteiger partial charge is 0.469 e. The monoisotopic (exact) mass is 412 g/mol. The van der Waals surface area contributed by atoms with Crippen molar-refractivity contribution in [2.24, 2.45) is 11.3 Å². The molecule has 0 aromatic heterocycles. The molecule has 3 aliphatic heterocycles. The Balaban J connectivity index is 1.71. The summed E-state index contributed by atoms with van der Waals surface area (Å²) in [6.07, 6.45) is 2.67. The zero-order valence-corrected chi connectivity index (χ0v) is 17.5. The molecule has 160 valence electrons. The quantitative estimate of drug-likeness (QED) is 0.712. The zero-order chi connectivity index (χ0) is 20.9. The van der Waals surface area contributed by atoms with Crippen molar-refractivity contribution in [2.45, 2.75) is 55.2 Å². The minimum atomic E-state index is -0.880. The lowest BCUT2D eigenvalue weighted by atomic mass is 9.38. The van der Waals surface area contributed by atoms with Crippen LogP contribution in [0.15, 0.2) is 24.3 Å². The van der Waals surface area contributed by atoms with Crippen LogP contribution < -0.4 is 4.90 Å². The molecule has 7 rings (SSSR count). The normalized spacial score (nSPS) is 43.0. The van der Waals surface area contributed by atoms with Crippen molar-refractivity contribution in [3.05, 3.63) is 29.8 Å². The smallest absolute Gasteiger partial charge is 0.414 e. The number of piperidine rings is 1. The van der Waals surface area contributed by atoms with E-state index in [1.54, 1.807) is 4.90 Å². The number of carbonyl (C=O) groups excluding carboxylic acids is 2. The van der Waals surface area contributed by atoms with Crippen LogP contribution in [0.4, 0.5) is 10.5 Å². The van der Waals surface area contributed by atoms with Crippen molar-refractivity contribution in [3.63, 3.8) is 0 Å². The summed E-state index contributed by atoms with van der Waals surface area (Å²) in [6, 6.07) is 8.14. The summed E-state index contributed by atoms with van der Waals surface area (Å²) in [5.74, 6) is -0.781. The van der Waals surface area contributed by atoms with Crippen LogP contribution in [0, 0.1) is 11.3 Å². The predicted octanol–water partition coefficient (Wildman–Crippen LogP) is 2.06. The van der Waals surface area contributed by atoms with Gasteiger partial charge in [0.15, 0.2) is 0 Å². The lowest BCUT2D eigenvalue weighted by Crippen LogP contribution is -2.82. The average molecular weight is 412 g/mol. The number of aliphatic hydroxyl groups is 1. The number of ether oxygens (including phenoxy) is 2. The van der Waals surface area contributed by atoms with Crippen LogP contribution in [-0.4, -0.2) is 67.1 Å². The Bertz CT molecular complexity index is 951. The van der Waals surface area contributed by atoms with E-state index in [4.69, 9.17) is 9.47 Å². The van der Waals surface area contributed by atoms with Crippen molar-refractivity contribution in [1.29, 1.82) is 0 Å². The molecule has 6 atom stereocenters. The topological polar surface area (TPSA) is 79.3 Å². The molecular formula is C23H28N2O5. The summed E-state index contributed by atoms with van der Waals surface area (Å²) in [5, 5.41) is 11.6. The number of rotatable bonds is 1. The Labute approximate surface area is 175 Å². The van der Waals surface area contributed by atoms with E-state index in [9.17, 15) is 14.7 Å². The lowest BCUT2D eigenvalue weighted by molar-refractivity contribution is -0.208. The predicted molar refractivity (Wildman–Crippen MR) is 108 cm³/mol. The molecule has 3 saturated carbocycles. The fraction of sp³-hybridized carbons (Fsp3) is 0.652. The highest BCUT2D eigenvalue weighted by Gasteiger charge is 2.83. The van der Waals surface area contributed by atoms with E-state index >= 15 is 0 Å². The summed E-state index contributed by atoms with van der Waals surface area (Å²) in [4.78, 5) is 30.8. The third-order valence-electron chi connectivity index (χ3n) is 9.23. The number of fused-ring (bicyclic) bond motifs is 3. The first-order valence-electron chi connectivity index (χ1n) is 11.0. The van der Waals surface area contributed by atoms with Gasteiger partial charge in [-0.2, -0.15) is 0 Å². The minimum absolute atomic E-state index is 0.110. The van der Waals surface area contributed by atoms with Gasteiger partial charge in [-0.1, -0.05) is 18.2 Å². The van der Waals surface area contributed by atoms with Crippen molar-refractivity contribution < 1.29 is 24.2 Å². The first kappa shape index (κ1) is 18.6. The second kappa shape index (κ2) is 5.77. The molecule has 5 fully saturated rings. The van der Waals surface area contributed by atoms with Crippen LogP contribution in [0.25, 0.3) is 0 Å². The van der Waals surface area contributed by atoms with Gasteiger partial charge in [0, 0.05) is 16.9 Å². The number of methoxy groups -OCH3 is 2. The highest BCUT2D eigenvalue weighted by Crippen LogP contribution is 2.75. The van der Waals surface area contributed by atoms with Gasteiger partial charge >= 0.3 is 12.1 Å². The molecule has 3 spiro atoms. The number of amides is 1. The molecule has 1 amide bonds. The Kier molecular flexibility index (Phi) is 3.58. The molecule has 6 aliphatic rings. The van der Waals surface area contributed by atoms with E-state index in [1.807, 2.05) is 18.2 Å². The molecule has 0 radical (unpaired) electrons. The first-order valence-corrected chi connectivity index (χ1v) is 11.0. The number of hydrogen-bond acceptors (Lipinski definition) is 6. The molecular weight excluding hydrogens is 384 g/mol. The molecule has 1 N–H and O–H groups in total. The number of esters is 1. The van der Waals surface area contributed by atoms with E-state index in [-0.39, 0.29) is 17.4 Å². The van der Waals surface area contributed by atoms with Crippen LogP contribution in [-0.2, 0) is 19.7 Å². The molecule has 7 nitrogen and oxygen atoms in total. The van der Waals surface area contributed by atoms with Gasteiger partial charge in [0.1, 0.15) is 0 Å². The van der Waals surface area contributed by atoms with E-state index in [0.29, 0.717) is 12.8 Å². The maximum Gasteiger partial charge on any atom is 0.414 e. The summed E-state index contributed by atoms with van der Waals surface area (Å²) < 4.78 is 10.6. The number of aliphatic hydroxyl groups excluding tert-OH is 1. The number of anilines is 1. The fourth-order valence-electron chi connectivity index (χ4n) is 8.57. The summed E-state index contributed by atoms with van der Waals surface area (Å²) in [7, 11) is 2.81. The van der Waals surface area contributed by atoms with E-state index < -0.39 is 29.1 Å². The van der Waals surface area contributed by atoms with Crippen LogP contribution >= 0.6 is 0 Å². The number of benzene rings is 1. The average Bonchev–Trinajstić information content (AvgIpc) is 3.29. The molecule has 7 heteroatoms. The first-order chi connectivity index (χ1) is 14.5. The summed E-state index contributed by atoms with van der Waals surface area (Å²) >= 11 is 0. The van der Waals surface area contributed by atoms with Crippen molar-refractivity contribution in [3.8, 4) is 0 Å². The Morgan fingerprint density at radius 1 is 1.10 bits per heavy atom. The molecule has 3 aliphatic carbocycles. The second-order valence-electron chi connectivity index (χ2n) is 9.74. The number of para-hydroxylation sites is 1. The number of nitrogens with zero attached hydrogens (tertiary/aromatic N) is 2. The minimum Gasteiger partial charge on any atom is -0.469 e. The van der Waals surface area contributed by atoms with E-state index in [1.165, 1.54) is 14.2 Å². The van der Waals surface area contributed by atoms with Gasteiger partial charge in [-0.05, 0) is 56.8 Å². The molecule has 0 unspecified atom stereocenters. The van der Waals surface area contributed by atoms with Gasteiger partial charge in [0.25, 0.3) is 0 Å². The standard InChI is InChI=1S/C23H28N2O5/c1-29-18(27)15-12-21-8-5-10-24-11-9-22(19(21)24)14-6-3-4-7-16(14)25(20(28)30-2)23(15,22)13-17(21)26/h3-4,6-7,15,17,19,26H,5,8-13H2,1-2H3/t15-,17-,19+,21+,22-,23-/m1/s1. The maximum absolute atomic E-state index is 13.3. The molecule has 2 saturated heterocycles. The molecule has 1 aromatic carbocycles. The molecule has 30 heavy (non-hydrogen) atoms. The zero-order valence-electron chi connectivity index (χ0n) is 17.5. The van der Waals surface area contributed by atoms with Crippen LogP contribution in [0.5, 0.6) is 0 Å². The van der Waals surface area contributed by atoms with E-state index in [0.717, 1.165) is 43.6 Å². The molecule has 1 aromatic rings. The van der Waals surface area contributed by atoms with Gasteiger partial charge in [-0.25, -0.2) is 4.79 Å². The van der Waals surface area contributed by atoms with Gasteiger partial charge in [-0.15, -0.1) is 0 Å². The van der Waals surface area contributed by atoms with Gasteiger partial charge < -0.3 is 14.6 Å². The highest BCUT2D eigenvalue weighted by atomic mass is 16.5. The highest BCUT2D eigenvalue weighted by molar-refractivity contribution is 5.97. The lowest BCUT2D eigenvalue weighted by Gasteiger charge is -2.71. The van der Waals surface area contributed by atoms with Crippen LogP contribution in [0.2, 0.25) is 0 Å². The summed E-state index contributed by atoms with van der Waals surface area (Å²) in [6.45, 7) is 1.92. The fourth-order valence-corrected chi connectivity index (χ4v) is 8.57. The second-order valence-corrected chi connectivity index (χ2v) is 9.74. The Hall–Kier alpha value is -2.12. The molecule has 3 heterocycles. The molecule has 2 bridgehead atoms. The Morgan fingerprint density at radius 3 is 2.67 bits per heavy atom. The Morgan fingerprint density at radius 2 is 1.90 bits per heavy atom.